The molecule has 0 fully saturated rings. The highest BCUT2D eigenvalue weighted by atomic mass is 127. The van der Waals surface area contributed by atoms with Crippen molar-refractivity contribution in [3.05, 3.63) is 50.6 Å². The third kappa shape index (κ3) is 3.19. The summed E-state index contributed by atoms with van der Waals surface area (Å²) in [6.45, 7) is 6.06. The quantitative estimate of drug-likeness (QED) is 0.650. The van der Waals surface area contributed by atoms with Crippen LogP contribution >= 0.6 is 22.6 Å². The minimum atomic E-state index is 0.655. The molecule has 4 heteroatoms. The largest absolute Gasteiger partial charge is 0.456 e. The molecule has 2 aromatic rings. The first kappa shape index (κ1) is 14.1. The van der Waals surface area contributed by atoms with Gasteiger partial charge in [0.15, 0.2) is 0 Å². The van der Waals surface area contributed by atoms with E-state index in [4.69, 9.17) is 15.5 Å². The molecule has 19 heavy (non-hydrogen) atoms. The summed E-state index contributed by atoms with van der Waals surface area (Å²) in [4.78, 5) is 4.76. The summed E-state index contributed by atoms with van der Waals surface area (Å²) >= 11 is 2.29. The molecule has 0 heterocycles. The van der Waals surface area contributed by atoms with Crippen molar-refractivity contribution in [2.24, 2.45) is 5.90 Å². The molecule has 0 aliphatic rings. The van der Waals surface area contributed by atoms with E-state index in [0.717, 1.165) is 26.2 Å². The lowest BCUT2D eigenvalue weighted by Gasteiger charge is -2.13. The fourth-order valence-corrected chi connectivity index (χ4v) is 2.99. The summed E-state index contributed by atoms with van der Waals surface area (Å²) in [6, 6.07) is 9.79. The van der Waals surface area contributed by atoms with Crippen LogP contribution in [-0.4, -0.2) is 0 Å². The molecule has 0 unspecified atom stereocenters. The molecule has 0 saturated heterocycles. The van der Waals surface area contributed by atoms with Gasteiger partial charge < -0.3 is 9.57 Å². The number of aryl methyl sites for hydroxylation is 3. The molecule has 0 spiro atoms. The van der Waals surface area contributed by atoms with Crippen LogP contribution in [0.25, 0.3) is 0 Å². The molecule has 0 atom stereocenters. The van der Waals surface area contributed by atoms with E-state index in [9.17, 15) is 0 Å². The highest BCUT2D eigenvalue weighted by molar-refractivity contribution is 14.1. The van der Waals surface area contributed by atoms with Gasteiger partial charge in [0.1, 0.15) is 17.2 Å². The minimum absolute atomic E-state index is 0.655. The van der Waals surface area contributed by atoms with Gasteiger partial charge in [0.05, 0.1) is 3.57 Å². The van der Waals surface area contributed by atoms with E-state index >= 15 is 0 Å². The highest BCUT2D eigenvalue weighted by Gasteiger charge is 2.09. The van der Waals surface area contributed by atoms with E-state index in [1.165, 1.54) is 5.56 Å². The van der Waals surface area contributed by atoms with Gasteiger partial charge >= 0.3 is 0 Å². The van der Waals surface area contributed by atoms with Crippen molar-refractivity contribution in [3.8, 4) is 17.2 Å². The van der Waals surface area contributed by atoms with Crippen LogP contribution in [0.2, 0.25) is 0 Å². The molecular weight excluding hydrogens is 353 g/mol. The first-order valence-corrected chi connectivity index (χ1v) is 7.01. The van der Waals surface area contributed by atoms with Crippen LogP contribution < -0.4 is 15.5 Å². The van der Waals surface area contributed by atoms with Gasteiger partial charge in [-0.1, -0.05) is 6.07 Å². The SMILES string of the molecule is Cc1cc(C)c(Oc2ccc(ON)c(C)c2)c(I)c1. The summed E-state index contributed by atoms with van der Waals surface area (Å²) in [5.41, 5.74) is 3.30. The van der Waals surface area contributed by atoms with E-state index in [1.807, 2.05) is 19.1 Å². The van der Waals surface area contributed by atoms with Gasteiger partial charge in [0, 0.05) is 0 Å². The highest BCUT2D eigenvalue weighted by Crippen LogP contribution is 2.33. The molecule has 0 aliphatic carbocycles. The molecule has 0 saturated carbocycles. The van der Waals surface area contributed by atoms with Crippen molar-refractivity contribution < 1.29 is 9.57 Å². The van der Waals surface area contributed by atoms with Crippen molar-refractivity contribution in [2.75, 3.05) is 0 Å². The maximum absolute atomic E-state index is 5.97. The number of ether oxygens (including phenoxy) is 1. The number of rotatable bonds is 3. The van der Waals surface area contributed by atoms with Crippen LogP contribution in [0.3, 0.4) is 0 Å². The Balaban J connectivity index is 2.34. The molecule has 0 bridgehead atoms. The molecule has 0 amide bonds. The number of benzene rings is 2. The van der Waals surface area contributed by atoms with Crippen LogP contribution in [0, 0.1) is 24.3 Å². The summed E-state index contributed by atoms with van der Waals surface area (Å²) in [7, 11) is 0. The Morgan fingerprint density at radius 3 is 2.32 bits per heavy atom. The fourth-order valence-electron chi connectivity index (χ4n) is 1.97. The van der Waals surface area contributed by atoms with E-state index in [0.29, 0.717) is 5.75 Å². The first-order chi connectivity index (χ1) is 9.01. The van der Waals surface area contributed by atoms with Crippen molar-refractivity contribution in [2.45, 2.75) is 20.8 Å². The van der Waals surface area contributed by atoms with Crippen molar-refractivity contribution in [1.29, 1.82) is 0 Å². The second-order valence-corrected chi connectivity index (χ2v) is 5.70. The summed E-state index contributed by atoms with van der Waals surface area (Å²) in [5.74, 6) is 7.51. The lowest BCUT2D eigenvalue weighted by Crippen LogP contribution is -2.03. The van der Waals surface area contributed by atoms with Crippen molar-refractivity contribution in [1.82, 2.24) is 0 Å². The molecule has 2 N–H and O–H groups in total. The average molecular weight is 369 g/mol. The predicted molar refractivity (Wildman–Crippen MR) is 84.7 cm³/mol. The smallest absolute Gasteiger partial charge is 0.150 e. The Bertz CT molecular complexity index is 588. The first-order valence-electron chi connectivity index (χ1n) is 5.93. The maximum atomic E-state index is 5.97. The zero-order valence-corrected chi connectivity index (χ0v) is 13.3. The molecule has 0 aromatic heterocycles. The average Bonchev–Trinajstić information content (AvgIpc) is 2.34. The zero-order chi connectivity index (χ0) is 14.0. The van der Waals surface area contributed by atoms with Crippen LogP contribution in [0.5, 0.6) is 17.2 Å². The molecule has 2 rings (SSSR count). The molecule has 0 aliphatic heterocycles. The van der Waals surface area contributed by atoms with E-state index in [-0.39, 0.29) is 0 Å². The number of hydrogen-bond acceptors (Lipinski definition) is 3. The standard InChI is InChI=1S/C15H16INO2/c1-9-6-11(3)15(13(16)7-9)18-12-4-5-14(19-17)10(2)8-12/h4-8H,17H2,1-3H3. The Kier molecular flexibility index (Phi) is 4.31. The summed E-state index contributed by atoms with van der Waals surface area (Å²) < 4.78 is 7.07. The third-order valence-corrected chi connectivity index (χ3v) is 3.67. The number of nitrogens with two attached hydrogens (primary N) is 1. The van der Waals surface area contributed by atoms with E-state index < -0.39 is 0 Å². The van der Waals surface area contributed by atoms with Crippen LogP contribution in [0.1, 0.15) is 16.7 Å². The minimum Gasteiger partial charge on any atom is -0.456 e. The van der Waals surface area contributed by atoms with Crippen molar-refractivity contribution in [3.63, 3.8) is 0 Å². The molecule has 100 valence electrons. The maximum Gasteiger partial charge on any atom is 0.150 e. The fraction of sp³-hybridized carbons (Fsp3) is 0.200. The second kappa shape index (κ2) is 5.79. The second-order valence-electron chi connectivity index (χ2n) is 4.54. The molecule has 3 nitrogen and oxygen atoms in total. The Labute approximate surface area is 126 Å². The molecular formula is C15H16INO2. The van der Waals surface area contributed by atoms with Crippen molar-refractivity contribution >= 4 is 22.6 Å². The van der Waals surface area contributed by atoms with Gasteiger partial charge in [-0.15, -0.1) is 0 Å². The van der Waals surface area contributed by atoms with Crippen LogP contribution in [0.15, 0.2) is 30.3 Å². The molecule has 2 aromatic carbocycles. The monoisotopic (exact) mass is 369 g/mol. The van der Waals surface area contributed by atoms with Gasteiger partial charge in [0.25, 0.3) is 0 Å². The van der Waals surface area contributed by atoms with Gasteiger partial charge in [-0.2, -0.15) is 5.90 Å². The third-order valence-electron chi connectivity index (χ3n) is 2.87. The lowest BCUT2D eigenvalue weighted by molar-refractivity contribution is 0.331. The van der Waals surface area contributed by atoms with E-state index in [1.54, 1.807) is 6.07 Å². The zero-order valence-electron chi connectivity index (χ0n) is 11.2. The van der Waals surface area contributed by atoms with E-state index in [2.05, 4.69) is 48.6 Å². The number of halogens is 1. The normalized spacial score (nSPS) is 10.4. The van der Waals surface area contributed by atoms with Gasteiger partial charge in [-0.3, -0.25) is 0 Å². The molecule has 0 radical (unpaired) electrons. The summed E-state index contributed by atoms with van der Waals surface area (Å²) in [5, 5.41) is 0. The summed E-state index contributed by atoms with van der Waals surface area (Å²) in [6.07, 6.45) is 0. The Morgan fingerprint density at radius 1 is 1.00 bits per heavy atom. The van der Waals surface area contributed by atoms with Gasteiger partial charge in [0.2, 0.25) is 0 Å². The Hall–Kier alpha value is -1.27. The number of hydrogen-bond donors (Lipinski definition) is 1. The lowest BCUT2D eigenvalue weighted by atomic mass is 10.1. The van der Waals surface area contributed by atoms with Gasteiger partial charge in [-0.05, 0) is 84.3 Å². The van der Waals surface area contributed by atoms with Crippen LogP contribution in [-0.2, 0) is 0 Å². The van der Waals surface area contributed by atoms with Crippen LogP contribution in [0.4, 0.5) is 0 Å². The topological polar surface area (TPSA) is 44.5 Å². The van der Waals surface area contributed by atoms with Gasteiger partial charge in [-0.25, -0.2) is 0 Å². The predicted octanol–water partition coefficient (Wildman–Crippen LogP) is 4.26. The Morgan fingerprint density at radius 2 is 1.74 bits per heavy atom.